The number of thioether (sulfide) groups is 1. The maximum Gasteiger partial charge on any atom is 0.262 e. The highest BCUT2D eigenvalue weighted by Gasteiger charge is 2.12. The summed E-state index contributed by atoms with van der Waals surface area (Å²) >= 11 is 1.50. The molecule has 0 saturated carbocycles. The van der Waals surface area contributed by atoms with Crippen LogP contribution in [0.3, 0.4) is 0 Å². The van der Waals surface area contributed by atoms with E-state index in [0.717, 1.165) is 16.8 Å². The lowest BCUT2D eigenvalue weighted by Gasteiger charge is -2.13. The number of aryl methyl sites for hydroxylation is 3. The number of nitrogens with zero attached hydrogens (tertiary/aromatic N) is 2. The average molecular weight is 422 g/mol. The molecule has 0 spiro atoms. The summed E-state index contributed by atoms with van der Waals surface area (Å²) in [6.45, 7) is 10.2. The molecule has 0 aliphatic carbocycles. The number of nitrogens with one attached hydrogen (secondary N) is 1. The van der Waals surface area contributed by atoms with Crippen LogP contribution in [0.4, 0.5) is 5.69 Å². The van der Waals surface area contributed by atoms with Crippen molar-refractivity contribution in [2.24, 2.45) is 0 Å². The number of carbonyl (C=O) groups is 1. The summed E-state index contributed by atoms with van der Waals surface area (Å²) in [6.07, 6.45) is 2.80. The van der Waals surface area contributed by atoms with Crippen molar-refractivity contribution in [3.05, 3.63) is 76.1 Å². The lowest BCUT2D eigenvalue weighted by molar-refractivity contribution is -0.116. The van der Waals surface area contributed by atoms with Crippen molar-refractivity contribution in [3.8, 4) is 0 Å². The number of amides is 1. The van der Waals surface area contributed by atoms with Crippen LogP contribution in [0.2, 0.25) is 0 Å². The summed E-state index contributed by atoms with van der Waals surface area (Å²) < 4.78 is 1.64. The average Bonchev–Trinajstić information content (AvgIpc) is 2.70. The monoisotopic (exact) mass is 421 g/mol. The molecular weight excluding hydrogens is 394 g/mol. The lowest BCUT2D eigenvalue weighted by Crippen LogP contribution is -2.22. The van der Waals surface area contributed by atoms with Gasteiger partial charge < -0.3 is 5.32 Å². The molecule has 2 aromatic carbocycles. The smallest absolute Gasteiger partial charge is 0.262 e. The maximum atomic E-state index is 12.8. The fraction of sp³-hybridized carbons (Fsp3) is 0.292. The fourth-order valence-electron chi connectivity index (χ4n) is 3.52. The third kappa shape index (κ3) is 5.00. The Morgan fingerprint density at radius 1 is 1.20 bits per heavy atom. The normalized spacial score (nSPS) is 10.9. The first-order valence-electron chi connectivity index (χ1n) is 10.0. The van der Waals surface area contributed by atoms with Gasteiger partial charge in [0.1, 0.15) is 0 Å². The van der Waals surface area contributed by atoms with E-state index in [2.05, 4.69) is 35.9 Å². The number of benzene rings is 2. The summed E-state index contributed by atoms with van der Waals surface area (Å²) in [5.41, 5.74) is 4.86. The van der Waals surface area contributed by atoms with Gasteiger partial charge in [0, 0.05) is 24.4 Å². The molecule has 156 valence electrons. The van der Waals surface area contributed by atoms with E-state index in [1.807, 2.05) is 32.0 Å². The molecule has 0 saturated heterocycles. The second-order valence-corrected chi connectivity index (χ2v) is 8.45. The van der Waals surface area contributed by atoms with Crippen molar-refractivity contribution in [1.29, 1.82) is 0 Å². The number of hydrogen-bond acceptors (Lipinski definition) is 4. The number of hydrogen-bond donors (Lipinski definition) is 1. The molecule has 0 unspecified atom stereocenters. The van der Waals surface area contributed by atoms with E-state index in [0.29, 0.717) is 41.2 Å². The fourth-order valence-corrected chi connectivity index (χ4v) is 4.47. The Kier molecular flexibility index (Phi) is 7.11. The molecule has 3 aromatic rings. The molecule has 1 aromatic heterocycles. The van der Waals surface area contributed by atoms with E-state index in [4.69, 9.17) is 0 Å². The van der Waals surface area contributed by atoms with Crippen LogP contribution in [0.1, 0.15) is 29.5 Å². The molecule has 5 nitrogen and oxygen atoms in total. The van der Waals surface area contributed by atoms with Crippen molar-refractivity contribution in [3.63, 3.8) is 0 Å². The summed E-state index contributed by atoms with van der Waals surface area (Å²) in [5.74, 6) is 0.696. The van der Waals surface area contributed by atoms with Gasteiger partial charge in [-0.2, -0.15) is 0 Å². The summed E-state index contributed by atoms with van der Waals surface area (Å²) in [6, 6.07) is 11.5. The summed E-state index contributed by atoms with van der Waals surface area (Å²) in [4.78, 5) is 29.8. The Morgan fingerprint density at radius 3 is 2.60 bits per heavy atom. The molecule has 3 rings (SSSR count). The van der Waals surface area contributed by atoms with Crippen LogP contribution >= 0.6 is 11.8 Å². The molecule has 1 heterocycles. The second kappa shape index (κ2) is 9.76. The van der Waals surface area contributed by atoms with E-state index in [-0.39, 0.29) is 11.5 Å². The van der Waals surface area contributed by atoms with Crippen LogP contribution in [0.25, 0.3) is 10.9 Å². The van der Waals surface area contributed by atoms with Crippen LogP contribution < -0.4 is 10.9 Å². The molecule has 0 aliphatic rings. The Balaban J connectivity index is 1.63. The third-order valence-corrected chi connectivity index (χ3v) is 5.92. The molecule has 0 fully saturated rings. The SMILES string of the molecule is C=CCn1c(SCCCC(=O)Nc2c(C)cc(C)cc2C)nc2ccccc2c1=O. The molecule has 0 atom stereocenters. The topological polar surface area (TPSA) is 64.0 Å². The largest absolute Gasteiger partial charge is 0.326 e. The van der Waals surface area contributed by atoms with Gasteiger partial charge in [-0.05, 0) is 50.5 Å². The second-order valence-electron chi connectivity index (χ2n) is 7.39. The number of anilines is 1. The van der Waals surface area contributed by atoms with Gasteiger partial charge >= 0.3 is 0 Å². The molecule has 6 heteroatoms. The zero-order chi connectivity index (χ0) is 21.7. The highest BCUT2D eigenvalue weighted by atomic mass is 32.2. The summed E-state index contributed by atoms with van der Waals surface area (Å²) in [5, 5.41) is 4.30. The highest BCUT2D eigenvalue weighted by molar-refractivity contribution is 7.99. The van der Waals surface area contributed by atoms with E-state index in [9.17, 15) is 9.59 Å². The minimum atomic E-state index is -0.0638. The highest BCUT2D eigenvalue weighted by Crippen LogP contribution is 2.23. The van der Waals surface area contributed by atoms with E-state index in [1.54, 1.807) is 16.7 Å². The molecule has 1 amide bonds. The zero-order valence-corrected chi connectivity index (χ0v) is 18.5. The van der Waals surface area contributed by atoms with Gasteiger partial charge in [-0.1, -0.05) is 47.7 Å². The molecular formula is C24H27N3O2S. The van der Waals surface area contributed by atoms with Crippen molar-refractivity contribution >= 4 is 34.3 Å². The standard InChI is InChI=1S/C24H27N3O2S/c1-5-12-27-23(29)19-9-6-7-10-20(19)25-24(27)30-13-8-11-21(28)26-22-17(3)14-16(2)15-18(22)4/h5-7,9-10,14-15H,1,8,11-13H2,2-4H3,(H,26,28). The van der Waals surface area contributed by atoms with Crippen LogP contribution in [0.5, 0.6) is 0 Å². The first-order valence-corrected chi connectivity index (χ1v) is 11.0. The van der Waals surface area contributed by atoms with Crippen LogP contribution in [0.15, 0.2) is 59.0 Å². The van der Waals surface area contributed by atoms with Crippen molar-refractivity contribution in [2.45, 2.75) is 45.3 Å². The van der Waals surface area contributed by atoms with Crippen molar-refractivity contribution in [2.75, 3.05) is 11.1 Å². The predicted molar refractivity (Wildman–Crippen MR) is 125 cm³/mol. The first-order chi connectivity index (χ1) is 14.4. The van der Waals surface area contributed by atoms with Crippen molar-refractivity contribution in [1.82, 2.24) is 9.55 Å². The van der Waals surface area contributed by atoms with E-state index >= 15 is 0 Å². The number of rotatable bonds is 8. The molecule has 1 N–H and O–H groups in total. The predicted octanol–water partition coefficient (Wildman–Crippen LogP) is 5.02. The van der Waals surface area contributed by atoms with Crippen LogP contribution in [0, 0.1) is 20.8 Å². The zero-order valence-electron chi connectivity index (χ0n) is 17.7. The number of aromatic nitrogens is 2. The Morgan fingerprint density at radius 2 is 1.90 bits per heavy atom. The Labute approximate surface area is 181 Å². The minimum absolute atomic E-state index is 0.000561. The number of carbonyl (C=O) groups excluding carboxylic acids is 1. The van der Waals surface area contributed by atoms with Crippen LogP contribution in [-0.4, -0.2) is 21.2 Å². The Hall–Kier alpha value is -2.86. The van der Waals surface area contributed by atoms with Gasteiger partial charge in [-0.3, -0.25) is 14.2 Å². The van der Waals surface area contributed by atoms with Gasteiger partial charge in [0.15, 0.2) is 5.16 Å². The number of para-hydroxylation sites is 1. The summed E-state index contributed by atoms with van der Waals surface area (Å²) in [7, 11) is 0. The number of fused-ring (bicyclic) bond motifs is 1. The van der Waals surface area contributed by atoms with Gasteiger partial charge in [0.25, 0.3) is 5.56 Å². The lowest BCUT2D eigenvalue weighted by atomic mass is 10.0. The molecule has 0 bridgehead atoms. The molecule has 0 aliphatic heterocycles. The minimum Gasteiger partial charge on any atom is -0.326 e. The molecule has 0 radical (unpaired) electrons. The van der Waals surface area contributed by atoms with Gasteiger partial charge in [0.05, 0.1) is 10.9 Å². The van der Waals surface area contributed by atoms with Crippen LogP contribution in [-0.2, 0) is 11.3 Å². The van der Waals surface area contributed by atoms with E-state index < -0.39 is 0 Å². The number of allylic oxidation sites excluding steroid dienone is 1. The Bertz CT molecular complexity index is 1130. The molecule has 30 heavy (non-hydrogen) atoms. The van der Waals surface area contributed by atoms with Gasteiger partial charge in [-0.15, -0.1) is 6.58 Å². The van der Waals surface area contributed by atoms with Gasteiger partial charge in [-0.25, -0.2) is 4.98 Å². The van der Waals surface area contributed by atoms with Gasteiger partial charge in [0.2, 0.25) is 5.91 Å². The third-order valence-electron chi connectivity index (χ3n) is 4.86. The van der Waals surface area contributed by atoms with E-state index in [1.165, 1.54) is 17.3 Å². The first kappa shape index (κ1) is 21.8. The van der Waals surface area contributed by atoms with Crippen molar-refractivity contribution < 1.29 is 4.79 Å². The quantitative estimate of drug-likeness (QED) is 0.240. The maximum absolute atomic E-state index is 12.8.